The first kappa shape index (κ1) is 15.4. The third-order valence-electron chi connectivity index (χ3n) is 2.76. The number of carbonyl (C=O) groups is 1. The minimum atomic E-state index is -0.303. The zero-order valence-corrected chi connectivity index (χ0v) is 13.0. The Kier molecular flexibility index (Phi) is 4.55. The minimum Gasteiger partial charge on any atom is -0.398 e. The minimum absolute atomic E-state index is 0.252. The molecule has 0 unspecified atom stereocenters. The predicted molar refractivity (Wildman–Crippen MR) is 87.4 cm³/mol. The van der Waals surface area contributed by atoms with Gasteiger partial charge in [-0.15, -0.1) is 0 Å². The van der Waals surface area contributed by atoms with Gasteiger partial charge in [-0.1, -0.05) is 23.2 Å². The summed E-state index contributed by atoms with van der Waals surface area (Å²) in [4.78, 5) is 18.1. The summed E-state index contributed by atoms with van der Waals surface area (Å²) in [5, 5.41) is 3.37. The van der Waals surface area contributed by atoms with Crippen LogP contribution in [0.3, 0.4) is 0 Å². The zero-order chi connectivity index (χ0) is 15.6. The van der Waals surface area contributed by atoms with Gasteiger partial charge in [0, 0.05) is 25.3 Å². The summed E-state index contributed by atoms with van der Waals surface area (Å²) in [6.07, 6.45) is 0. The SMILES string of the molecule is CN(C)c1cc(C(=O)Nc2ccc(N)c(Cl)c2)cc(Cl)n1. The number of hydrogen-bond donors (Lipinski definition) is 2. The number of nitrogen functional groups attached to an aromatic ring is 1. The largest absolute Gasteiger partial charge is 0.398 e. The van der Waals surface area contributed by atoms with Crippen molar-refractivity contribution in [2.75, 3.05) is 30.0 Å². The molecule has 0 aliphatic rings. The van der Waals surface area contributed by atoms with Gasteiger partial charge in [0.1, 0.15) is 11.0 Å². The molecule has 1 heterocycles. The maximum absolute atomic E-state index is 12.2. The lowest BCUT2D eigenvalue weighted by molar-refractivity contribution is 0.102. The third-order valence-corrected chi connectivity index (χ3v) is 3.28. The molecule has 0 atom stereocenters. The average Bonchev–Trinajstić information content (AvgIpc) is 2.42. The van der Waals surface area contributed by atoms with Gasteiger partial charge in [0.2, 0.25) is 0 Å². The molecule has 0 bridgehead atoms. The van der Waals surface area contributed by atoms with Crippen molar-refractivity contribution in [2.24, 2.45) is 0 Å². The van der Waals surface area contributed by atoms with E-state index in [1.165, 1.54) is 6.07 Å². The maximum atomic E-state index is 12.2. The van der Waals surface area contributed by atoms with Crippen LogP contribution in [0.15, 0.2) is 30.3 Å². The normalized spacial score (nSPS) is 10.3. The summed E-state index contributed by atoms with van der Waals surface area (Å²) >= 11 is 11.9. The number of carbonyl (C=O) groups excluding carboxylic acids is 1. The third kappa shape index (κ3) is 3.77. The molecule has 3 N–H and O–H groups in total. The number of hydrogen-bond acceptors (Lipinski definition) is 4. The van der Waals surface area contributed by atoms with E-state index in [4.69, 9.17) is 28.9 Å². The van der Waals surface area contributed by atoms with Gasteiger partial charge in [-0.05, 0) is 30.3 Å². The second kappa shape index (κ2) is 6.20. The molecule has 1 aromatic heterocycles. The van der Waals surface area contributed by atoms with E-state index in [0.717, 1.165) is 0 Å². The van der Waals surface area contributed by atoms with Crippen molar-refractivity contribution in [2.45, 2.75) is 0 Å². The van der Waals surface area contributed by atoms with E-state index in [1.807, 2.05) is 14.1 Å². The molecule has 1 aromatic carbocycles. The molecule has 0 fully saturated rings. The summed E-state index contributed by atoms with van der Waals surface area (Å²) in [5.74, 6) is 0.297. The second-order valence-corrected chi connectivity index (χ2v) is 5.42. The fourth-order valence-corrected chi connectivity index (χ4v) is 2.04. The number of benzene rings is 1. The van der Waals surface area contributed by atoms with Gasteiger partial charge in [-0.2, -0.15) is 0 Å². The Bertz CT molecular complexity index is 689. The lowest BCUT2D eigenvalue weighted by atomic mass is 10.2. The molecule has 2 aromatic rings. The van der Waals surface area contributed by atoms with Crippen LogP contribution in [0, 0.1) is 0 Å². The number of halogens is 2. The van der Waals surface area contributed by atoms with Gasteiger partial charge in [-0.25, -0.2) is 4.98 Å². The summed E-state index contributed by atoms with van der Waals surface area (Å²) in [6.45, 7) is 0. The van der Waals surface area contributed by atoms with Crippen molar-refractivity contribution >= 4 is 46.3 Å². The molecule has 5 nitrogen and oxygen atoms in total. The molecule has 0 saturated heterocycles. The lowest BCUT2D eigenvalue weighted by Gasteiger charge is -2.13. The fourth-order valence-electron chi connectivity index (χ4n) is 1.65. The molecule has 0 radical (unpaired) electrons. The van der Waals surface area contributed by atoms with Crippen LogP contribution >= 0.6 is 23.2 Å². The molecule has 110 valence electrons. The number of rotatable bonds is 3. The average molecular weight is 325 g/mol. The Morgan fingerprint density at radius 3 is 2.57 bits per heavy atom. The smallest absolute Gasteiger partial charge is 0.255 e. The molecule has 0 aliphatic carbocycles. The number of amides is 1. The van der Waals surface area contributed by atoms with Crippen molar-refractivity contribution in [1.29, 1.82) is 0 Å². The van der Waals surface area contributed by atoms with Crippen molar-refractivity contribution in [3.63, 3.8) is 0 Å². The molecule has 0 saturated carbocycles. The number of nitrogens with zero attached hydrogens (tertiary/aromatic N) is 2. The van der Waals surface area contributed by atoms with E-state index < -0.39 is 0 Å². The number of nitrogens with two attached hydrogens (primary N) is 1. The van der Waals surface area contributed by atoms with Crippen molar-refractivity contribution < 1.29 is 4.79 Å². The van der Waals surface area contributed by atoms with E-state index in [2.05, 4.69) is 10.3 Å². The van der Waals surface area contributed by atoms with Crippen molar-refractivity contribution in [1.82, 2.24) is 4.98 Å². The van der Waals surface area contributed by atoms with Crippen molar-refractivity contribution in [3.05, 3.63) is 46.1 Å². The van der Waals surface area contributed by atoms with Crippen LogP contribution < -0.4 is 16.0 Å². The van der Waals surface area contributed by atoms with Crippen LogP contribution in [0.2, 0.25) is 10.2 Å². The molecule has 0 aliphatic heterocycles. The van der Waals surface area contributed by atoms with Crippen LogP contribution in [0.5, 0.6) is 0 Å². The predicted octanol–water partition coefficient (Wildman–Crippen LogP) is 3.29. The highest BCUT2D eigenvalue weighted by Gasteiger charge is 2.11. The highest BCUT2D eigenvalue weighted by atomic mass is 35.5. The Morgan fingerprint density at radius 2 is 1.95 bits per heavy atom. The highest BCUT2D eigenvalue weighted by molar-refractivity contribution is 6.33. The van der Waals surface area contributed by atoms with Gasteiger partial charge < -0.3 is 16.0 Å². The maximum Gasteiger partial charge on any atom is 0.255 e. The summed E-state index contributed by atoms with van der Waals surface area (Å²) in [7, 11) is 3.64. The zero-order valence-electron chi connectivity index (χ0n) is 11.5. The number of nitrogens with one attached hydrogen (secondary N) is 1. The Morgan fingerprint density at radius 1 is 1.24 bits per heavy atom. The van der Waals surface area contributed by atoms with Crippen LogP contribution in [0.25, 0.3) is 0 Å². The van der Waals surface area contributed by atoms with E-state index in [9.17, 15) is 4.79 Å². The fraction of sp³-hybridized carbons (Fsp3) is 0.143. The molecule has 1 amide bonds. The van der Waals surface area contributed by atoms with E-state index >= 15 is 0 Å². The van der Waals surface area contributed by atoms with Crippen LogP contribution in [0.4, 0.5) is 17.2 Å². The van der Waals surface area contributed by atoms with Crippen molar-refractivity contribution in [3.8, 4) is 0 Å². The van der Waals surface area contributed by atoms with Crippen LogP contribution in [-0.2, 0) is 0 Å². The Balaban J connectivity index is 2.25. The summed E-state index contributed by atoms with van der Waals surface area (Å²) < 4.78 is 0. The standard InChI is InChI=1S/C14H14Cl2N4O/c1-20(2)13-6-8(5-12(16)19-13)14(21)18-9-3-4-11(17)10(15)7-9/h3-7H,17H2,1-2H3,(H,18,21). The van der Waals surface area contributed by atoms with Gasteiger partial charge >= 0.3 is 0 Å². The summed E-state index contributed by atoms with van der Waals surface area (Å²) in [5.41, 5.74) is 7.05. The van der Waals surface area contributed by atoms with E-state index in [0.29, 0.717) is 27.8 Å². The van der Waals surface area contributed by atoms with Gasteiger partial charge in [0.15, 0.2) is 0 Å². The molecular formula is C14H14Cl2N4O. The Labute approximate surface area is 132 Å². The van der Waals surface area contributed by atoms with Crippen LogP contribution in [-0.4, -0.2) is 25.0 Å². The topological polar surface area (TPSA) is 71.2 Å². The molecular weight excluding hydrogens is 311 g/mol. The first-order valence-corrected chi connectivity index (χ1v) is 6.83. The van der Waals surface area contributed by atoms with Gasteiger partial charge in [-0.3, -0.25) is 4.79 Å². The lowest BCUT2D eigenvalue weighted by Crippen LogP contribution is -2.15. The number of aromatic nitrogens is 1. The van der Waals surface area contributed by atoms with E-state index in [-0.39, 0.29) is 11.1 Å². The van der Waals surface area contributed by atoms with Gasteiger partial charge in [0.25, 0.3) is 5.91 Å². The highest BCUT2D eigenvalue weighted by Crippen LogP contribution is 2.23. The second-order valence-electron chi connectivity index (χ2n) is 4.62. The summed E-state index contributed by atoms with van der Waals surface area (Å²) in [6, 6.07) is 8.05. The quantitative estimate of drug-likeness (QED) is 0.671. The molecule has 0 spiro atoms. The Hall–Kier alpha value is -1.98. The molecule has 7 heteroatoms. The first-order chi connectivity index (χ1) is 9.86. The van der Waals surface area contributed by atoms with E-state index in [1.54, 1.807) is 29.2 Å². The van der Waals surface area contributed by atoms with Gasteiger partial charge in [0.05, 0.1) is 10.7 Å². The van der Waals surface area contributed by atoms with Crippen LogP contribution in [0.1, 0.15) is 10.4 Å². The first-order valence-electron chi connectivity index (χ1n) is 6.08. The number of pyridine rings is 1. The number of anilines is 3. The molecule has 21 heavy (non-hydrogen) atoms. The monoisotopic (exact) mass is 324 g/mol. The molecule has 2 rings (SSSR count).